The van der Waals surface area contributed by atoms with Crippen LogP contribution in [0, 0.1) is 17.2 Å². The van der Waals surface area contributed by atoms with E-state index in [9.17, 15) is 10.1 Å². The highest BCUT2D eigenvalue weighted by molar-refractivity contribution is 5.79. The Morgan fingerprint density at radius 1 is 1.58 bits per heavy atom. The van der Waals surface area contributed by atoms with Crippen LogP contribution in [0.5, 0.6) is 0 Å². The Kier molecular flexibility index (Phi) is 5.33. The number of amides is 1. The minimum absolute atomic E-state index is 0.0717. The number of nitriles is 1. The maximum Gasteiger partial charge on any atom is 0.235 e. The first-order valence-electron chi connectivity index (χ1n) is 6.86. The number of morpholine rings is 1. The number of nitrogens with zero attached hydrogens (tertiary/aromatic N) is 2. The molecule has 3 atom stereocenters. The van der Waals surface area contributed by atoms with E-state index in [1.54, 1.807) is 6.92 Å². The summed E-state index contributed by atoms with van der Waals surface area (Å²) < 4.78 is 5.54. The maximum absolute atomic E-state index is 12.1. The molecular formula is C14H25N3O2. The number of hydrogen-bond donors (Lipinski definition) is 1. The van der Waals surface area contributed by atoms with Gasteiger partial charge >= 0.3 is 0 Å². The molecule has 0 spiro atoms. The zero-order valence-electron chi connectivity index (χ0n) is 12.6. The van der Waals surface area contributed by atoms with Gasteiger partial charge in [-0.3, -0.25) is 9.69 Å². The Balaban J connectivity index is 2.58. The predicted molar refractivity (Wildman–Crippen MR) is 73.4 cm³/mol. The van der Waals surface area contributed by atoms with Crippen molar-refractivity contribution in [3.63, 3.8) is 0 Å². The molecule has 0 aromatic rings. The Hall–Kier alpha value is -1.12. The van der Waals surface area contributed by atoms with Crippen LogP contribution in [0.15, 0.2) is 0 Å². The highest BCUT2D eigenvalue weighted by Gasteiger charge is 2.32. The van der Waals surface area contributed by atoms with Crippen molar-refractivity contribution in [3.05, 3.63) is 0 Å². The van der Waals surface area contributed by atoms with Crippen molar-refractivity contribution in [2.45, 2.75) is 52.3 Å². The highest BCUT2D eigenvalue weighted by atomic mass is 16.5. The van der Waals surface area contributed by atoms with E-state index in [2.05, 4.69) is 16.3 Å². The van der Waals surface area contributed by atoms with Crippen LogP contribution in [0.2, 0.25) is 0 Å². The summed E-state index contributed by atoms with van der Waals surface area (Å²) in [4.78, 5) is 14.2. The van der Waals surface area contributed by atoms with Crippen molar-refractivity contribution in [2.24, 2.45) is 5.92 Å². The molecule has 0 bridgehead atoms. The fraction of sp³-hybridized carbons (Fsp3) is 0.857. The Morgan fingerprint density at radius 3 is 2.74 bits per heavy atom. The molecule has 0 aromatic heterocycles. The molecule has 1 saturated heterocycles. The van der Waals surface area contributed by atoms with Crippen molar-refractivity contribution in [2.75, 3.05) is 19.7 Å². The second-order valence-corrected chi connectivity index (χ2v) is 5.94. The smallest absolute Gasteiger partial charge is 0.235 e. The minimum Gasteiger partial charge on any atom is -0.376 e. The average Bonchev–Trinajstić information content (AvgIpc) is 2.33. The van der Waals surface area contributed by atoms with Gasteiger partial charge in [-0.25, -0.2) is 0 Å². The van der Waals surface area contributed by atoms with E-state index < -0.39 is 5.54 Å². The van der Waals surface area contributed by atoms with E-state index in [4.69, 9.17) is 4.74 Å². The van der Waals surface area contributed by atoms with Crippen LogP contribution in [0.1, 0.15) is 34.6 Å². The summed E-state index contributed by atoms with van der Waals surface area (Å²) >= 11 is 0. The van der Waals surface area contributed by atoms with Crippen LogP contribution in [-0.2, 0) is 9.53 Å². The van der Waals surface area contributed by atoms with Gasteiger partial charge < -0.3 is 10.1 Å². The molecule has 1 fully saturated rings. The van der Waals surface area contributed by atoms with Gasteiger partial charge in [-0.2, -0.15) is 5.26 Å². The summed E-state index contributed by atoms with van der Waals surface area (Å²) in [5.74, 6) is -0.0267. The van der Waals surface area contributed by atoms with E-state index in [0.29, 0.717) is 13.2 Å². The predicted octanol–water partition coefficient (Wildman–Crippen LogP) is 1.15. The normalized spacial score (nSPS) is 27.6. The molecule has 1 amide bonds. The summed E-state index contributed by atoms with van der Waals surface area (Å²) in [6.45, 7) is 11.4. The average molecular weight is 267 g/mol. The number of ether oxygens (including phenoxy) is 1. The first kappa shape index (κ1) is 15.9. The Morgan fingerprint density at radius 2 is 2.21 bits per heavy atom. The molecule has 0 aliphatic carbocycles. The molecule has 5 nitrogen and oxygen atoms in total. The van der Waals surface area contributed by atoms with Crippen LogP contribution in [0.4, 0.5) is 0 Å². The summed E-state index contributed by atoms with van der Waals surface area (Å²) in [7, 11) is 0. The standard InChI is InChI=1S/C14H25N3O2/c1-10(2)14(5,9-15)16-13(18)7-17-6-12(4)19-8-11(17)3/h10-12H,6-8H2,1-5H3,(H,16,18). The molecule has 0 radical (unpaired) electrons. The maximum atomic E-state index is 12.1. The molecule has 108 valence electrons. The van der Waals surface area contributed by atoms with E-state index in [0.717, 1.165) is 6.54 Å². The molecule has 3 unspecified atom stereocenters. The van der Waals surface area contributed by atoms with Crippen molar-refractivity contribution in [1.29, 1.82) is 5.26 Å². The lowest BCUT2D eigenvalue weighted by molar-refractivity contribution is -0.127. The van der Waals surface area contributed by atoms with Crippen molar-refractivity contribution < 1.29 is 9.53 Å². The Bertz CT molecular complexity index is 364. The first-order valence-corrected chi connectivity index (χ1v) is 6.86. The van der Waals surface area contributed by atoms with Gasteiger partial charge in [0.2, 0.25) is 5.91 Å². The largest absolute Gasteiger partial charge is 0.376 e. The number of carbonyl (C=O) groups is 1. The first-order chi connectivity index (χ1) is 8.78. The molecule has 1 N–H and O–H groups in total. The van der Waals surface area contributed by atoms with Gasteiger partial charge in [0.25, 0.3) is 0 Å². The van der Waals surface area contributed by atoms with Crippen LogP contribution >= 0.6 is 0 Å². The number of nitrogens with one attached hydrogen (secondary N) is 1. The number of carbonyl (C=O) groups excluding carboxylic acids is 1. The third kappa shape index (κ3) is 4.19. The summed E-state index contributed by atoms with van der Waals surface area (Å²) in [5.41, 5.74) is -0.807. The van der Waals surface area contributed by atoms with E-state index in [1.807, 2.05) is 27.7 Å². The van der Waals surface area contributed by atoms with Crippen LogP contribution in [-0.4, -0.2) is 48.2 Å². The zero-order chi connectivity index (χ0) is 14.6. The number of rotatable bonds is 4. The molecule has 1 aliphatic rings. The topological polar surface area (TPSA) is 65.4 Å². The lowest BCUT2D eigenvalue weighted by atomic mass is 9.90. The summed E-state index contributed by atoms with van der Waals surface area (Å²) in [5, 5.41) is 12.0. The Labute approximate surface area is 115 Å². The van der Waals surface area contributed by atoms with Gasteiger partial charge in [-0.05, 0) is 26.7 Å². The van der Waals surface area contributed by atoms with Gasteiger partial charge in [0.15, 0.2) is 0 Å². The second-order valence-electron chi connectivity index (χ2n) is 5.94. The molecule has 0 aromatic carbocycles. The highest BCUT2D eigenvalue weighted by Crippen LogP contribution is 2.16. The van der Waals surface area contributed by atoms with Gasteiger partial charge in [0.1, 0.15) is 5.54 Å². The molecule has 5 heteroatoms. The quantitative estimate of drug-likeness (QED) is 0.830. The second kappa shape index (κ2) is 6.36. The molecule has 1 rings (SSSR count). The van der Waals surface area contributed by atoms with Gasteiger partial charge in [-0.15, -0.1) is 0 Å². The monoisotopic (exact) mass is 267 g/mol. The van der Waals surface area contributed by atoms with E-state index in [-0.39, 0.29) is 24.0 Å². The third-order valence-electron chi connectivity index (χ3n) is 3.87. The lowest BCUT2D eigenvalue weighted by Crippen LogP contribution is -2.55. The molecular weight excluding hydrogens is 242 g/mol. The zero-order valence-corrected chi connectivity index (χ0v) is 12.6. The molecule has 0 saturated carbocycles. The van der Waals surface area contributed by atoms with Crippen LogP contribution in [0.25, 0.3) is 0 Å². The van der Waals surface area contributed by atoms with Gasteiger partial charge in [0.05, 0.1) is 25.3 Å². The van der Waals surface area contributed by atoms with Crippen molar-refractivity contribution in [1.82, 2.24) is 10.2 Å². The van der Waals surface area contributed by atoms with E-state index >= 15 is 0 Å². The fourth-order valence-corrected chi connectivity index (χ4v) is 2.01. The number of hydrogen-bond acceptors (Lipinski definition) is 4. The summed E-state index contributed by atoms with van der Waals surface area (Å²) in [6, 6.07) is 2.42. The molecule has 1 aliphatic heterocycles. The van der Waals surface area contributed by atoms with Gasteiger partial charge in [0, 0.05) is 12.6 Å². The lowest BCUT2D eigenvalue weighted by Gasteiger charge is -2.37. The van der Waals surface area contributed by atoms with Crippen molar-refractivity contribution in [3.8, 4) is 6.07 Å². The minimum atomic E-state index is -0.807. The van der Waals surface area contributed by atoms with E-state index in [1.165, 1.54) is 0 Å². The molecule has 19 heavy (non-hydrogen) atoms. The van der Waals surface area contributed by atoms with Gasteiger partial charge in [-0.1, -0.05) is 13.8 Å². The SMILES string of the molecule is CC1CN(CC(=O)NC(C)(C#N)C(C)C)C(C)CO1. The fourth-order valence-electron chi connectivity index (χ4n) is 2.01. The third-order valence-corrected chi connectivity index (χ3v) is 3.87. The van der Waals surface area contributed by atoms with Crippen LogP contribution < -0.4 is 5.32 Å². The van der Waals surface area contributed by atoms with Crippen molar-refractivity contribution >= 4 is 5.91 Å². The molecule has 1 heterocycles. The van der Waals surface area contributed by atoms with Crippen LogP contribution in [0.3, 0.4) is 0 Å². The summed E-state index contributed by atoms with van der Waals surface area (Å²) in [6.07, 6.45) is 0.149.